The van der Waals surface area contributed by atoms with Crippen LogP contribution in [0.3, 0.4) is 0 Å². The van der Waals surface area contributed by atoms with Crippen molar-refractivity contribution in [3.63, 3.8) is 0 Å². The number of thiocarbonyl (C=S) groups is 1. The molecule has 0 radical (unpaired) electrons. The minimum atomic E-state index is -0.930. The molecule has 1 aliphatic rings. The Balaban J connectivity index is 1.74. The second-order valence-corrected chi connectivity index (χ2v) is 8.17. The molecule has 0 aliphatic carbocycles. The summed E-state index contributed by atoms with van der Waals surface area (Å²) in [5.41, 5.74) is 2.12. The number of thioether (sulfide) groups is 1. The number of carboxylic acids is 1. The minimum absolute atomic E-state index is 0.0651. The Morgan fingerprint density at radius 2 is 1.96 bits per heavy atom. The van der Waals surface area contributed by atoms with Gasteiger partial charge in [-0.15, -0.1) is 0 Å². The highest BCUT2D eigenvalue weighted by atomic mass is 32.2. The molecule has 0 spiro atoms. The van der Waals surface area contributed by atoms with Crippen molar-refractivity contribution >= 4 is 52.2 Å². The fourth-order valence-corrected chi connectivity index (χ4v) is 4.01. The Morgan fingerprint density at radius 3 is 2.68 bits per heavy atom. The molecule has 1 aromatic rings. The number of carbonyl (C=O) groups is 3. The fourth-order valence-electron chi connectivity index (χ4n) is 2.71. The van der Waals surface area contributed by atoms with E-state index in [1.807, 2.05) is 37.3 Å². The van der Waals surface area contributed by atoms with Crippen molar-refractivity contribution in [2.75, 3.05) is 13.1 Å². The molecule has 1 saturated heterocycles. The molecule has 28 heavy (non-hydrogen) atoms. The Hall–Kier alpha value is -2.19. The van der Waals surface area contributed by atoms with Crippen molar-refractivity contribution < 1.29 is 19.5 Å². The summed E-state index contributed by atoms with van der Waals surface area (Å²) in [6.07, 6.45) is 4.40. The summed E-state index contributed by atoms with van der Waals surface area (Å²) in [4.78, 5) is 36.9. The molecule has 0 unspecified atom stereocenters. The molecule has 8 heteroatoms. The first-order valence-electron chi connectivity index (χ1n) is 9.18. The van der Waals surface area contributed by atoms with Gasteiger partial charge in [-0.25, -0.2) is 0 Å². The number of carbonyl (C=O) groups excluding carboxylic acids is 2. The summed E-state index contributed by atoms with van der Waals surface area (Å²) in [5.74, 6) is -1.14. The molecule has 2 rings (SSSR count). The van der Waals surface area contributed by atoms with Crippen molar-refractivity contribution in [1.29, 1.82) is 0 Å². The van der Waals surface area contributed by atoms with Crippen LogP contribution >= 0.6 is 24.0 Å². The highest BCUT2D eigenvalue weighted by Crippen LogP contribution is 2.33. The maximum absolute atomic E-state index is 12.6. The van der Waals surface area contributed by atoms with Crippen LogP contribution in [0.25, 0.3) is 6.08 Å². The number of hydrogen-bond donors (Lipinski definition) is 2. The molecule has 2 amide bonds. The van der Waals surface area contributed by atoms with E-state index in [9.17, 15) is 14.4 Å². The average molecular weight is 421 g/mol. The van der Waals surface area contributed by atoms with Gasteiger partial charge in [0.25, 0.3) is 5.91 Å². The van der Waals surface area contributed by atoms with Crippen LogP contribution in [0.4, 0.5) is 0 Å². The SMILES string of the molecule is Cc1ccccc1/C=C1\SC(=S)N(CCCCCC(=O)NCCC(=O)O)C1=O. The zero-order valence-corrected chi connectivity index (χ0v) is 17.4. The van der Waals surface area contributed by atoms with Gasteiger partial charge in [0, 0.05) is 19.5 Å². The van der Waals surface area contributed by atoms with E-state index >= 15 is 0 Å². The molecular formula is C20H24N2O4S2. The number of unbranched alkanes of at least 4 members (excludes halogenated alkanes) is 2. The quantitative estimate of drug-likeness (QED) is 0.343. The number of amides is 2. The minimum Gasteiger partial charge on any atom is -0.481 e. The van der Waals surface area contributed by atoms with Gasteiger partial charge in [-0.3, -0.25) is 19.3 Å². The van der Waals surface area contributed by atoms with Gasteiger partial charge in [-0.2, -0.15) is 0 Å². The molecule has 1 aliphatic heterocycles. The second kappa shape index (κ2) is 11.0. The van der Waals surface area contributed by atoms with Crippen molar-refractivity contribution in [3.05, 3.63) is 40.3 Å². The molecule has 2 N–H and O–H groups in total. The lowest BCUT2D eigenvalue weighted by Crippen LogP contribution is -2.29. The van der Waals surface area contributed by atoms with Crippen molar-refractivity contribution in [2.24, 2.45) is 0 Å². The van der Waals surface area contributed by atoms with Crippen LogP contribution in [0, 0.1) is 6.92 Å². The van der Waals surface area contributed by atoms with Crippen LogP contribution < -0.4 is 5.32 Å². The Bertz CT molecular complexity index is 792. The van der Waals surface area contributed by atoms with Crippen LogP contribution in [0.15, 0.2) is 29.2 Å². The summed E-state index contributed by atoms with van der Waals surface area (Å²) in [7, 11) is 0. The summed E-state index contributed by atoms with van der Waals surface area (Å²) >= 11 is 6.67. The van der Waals surface area contributed by atoms with Gasteiger partial charge in [0.1, 0.15) is 4.32 Å². The van der Waals surface area contributed by atoms with Gasteiger partial charge in [0.2, 0.25) is 5.91 Å². The maximum atomic E-state index is 12.6. The second-order valence-electron chi connectivity index (χ2n) is 6.49. The van der Waals surface area contributed by atoms with Gasteiger partial charge in [-0.05, 0) is 37.0 Å². The number of carboxylic acid groups (broad SMARTS) is 1. The zero-order chi connectivity index (χ0) is 20.5. The van der Waals surface area contributed by atoms with E-state index < -0.39 is 5.97 Å². The highest BCUT2D eigenvalue weighted by molar-refractivity contribution is 8.26. The van der Waals surface area contributed by atoms with Crippen LogP contribution in [0.2, 0.25) is 0 Å². The normalized spacial score (nSPS) is 15.3. The third-order valence-electron chi connectivity index (χ3n) is 4.30. The average Bonchev–Trinajstić information content (AvgIpc) is 2.90. The van der Waals surface area contributed by atoms with E-state index in [-0.39, 0.29) is 24.8 Å². The standard InChI is InChI=1S/C20H24N2O4S2/c1-14-7-4-5-8-15(14)13-16-19(26)22(20(27)28-16)12-6-2-3-9-17(23)21-11-10-18(24)25/h4-5,7-8,13H,2-3,6,9-12H2,1H3,(H,21,23)(H,24,25)/b16-13-. The Morgan fingerprint density at radius 1 is 1.21 bits per heavy atom. The van der Waals surface area contributed by atoms with Crippen LogP contribution in [0.1, 0.15) is 43.2 Å². The molecule has 1 heterocycles. The van der Waals surface area contributed by atoms with Crippen molar-refractivity contribution in [2.45, 2.75) is 39.0 Å². The lowest BCUT2D eigenvalue weighted by atomic mass is 10.1. The van der Waals surface area contributed by atoms with E-state index in [4.69, 9.17) is 17.3 Å². The predicted molar refractivity (Wildman–Crippen MR) is 115 cm³/mol. The zero-order valence-electron chi connectivity index (χ0n) is 15.8. The molecule has 0 bridgehead atoms. The van der Waals surface area contributed by atoms with Gasteiger partial charge >= 0.3 is 5.97 Å². The van der Waals surface area contributed by atoms with Crippen LogP contribution in [-0.2, 0) is 14.4 Å². The molecule has 0 atom stereocenters. The first-order valence-corrected chi connectivity index (χ1v) is 10.4. The number of nitrogens with zero attached hydrogens (tertiary/aromatic N) is 1. The third-order valence-corrected chi connectivity index (χ3v) is 5.67. The number of aliphatic carboxylic acids is 1. The van der Waals surface area contributed by atoms with Gasteiger partial charge in [0.15, 0.2) is 0 Å². The van der Waals surface area contributed by atoms with Crippen LogP contribution in [0.5, 0.6) is 0 Å². The molecule has 0 aromatic heterocycles. The summed E-state index contributed by atoms with van der Waals surface area (Å²) < 4.78 is 0.566. The summed E-state index contributed by atoms with van der Waals surface area (Å²) in [6, 6.07) is 7.88. The number of aryl methyl sites for hydroxylation is 1. The number of benzene rings is 1. The molecule has 0 saturated carbocycles. The van der Waals surface area contributed by atoms with E-state index in [1.165, 1.54) is 11.8 Å². The van der Waals surface area contributed by atoms with Crippen LogP contribution in [-0.4, -0.2) is 45.2 Å². The van der Waals surface area contributed by atoms with Gasteiger partial charge in [0.05, 0.1) is 11.3 Å². The van der Waals surface area contributed by atoms with Crippen molar-refractivity contribution in [1.82, 2.24) is 10.2 Å². The maximum Gasteiger partial charge on any atom is 0.305 e. The number of nitrogens with one attached hydrogen (secondary N) is 1. The summed E-state index contributed by atoms with van der Waals surface area (Å²) in [6.45, 7) is 2.69. The molecule has 1 aromatic carbocycles. The van der Waals surface area contributed by atoms with E-state index in [2.05, 4.69) is 5.32 Å². The third kappa shape index (κ3) is 6.76. The molecule has 150 valence electrons. The fraction of sp³-hybridized carbons (Fsp3) is 0.400. The molecule has 6 nitrogen and oxygen atoms in total. The smallest absolute Gasteiger partial charge is 0.305 e. The van der Waals surface area contributed by atoms with E-state index in [0.29, 0.717) is 28.6 Å². The largest absolute Gasteiger partial charge is 0.481 e. The monoisotopic (exact) mass is 420 g/mol. The lowest BCUT2D eigenvalue weighted by molar-refractivity contribution is -0.137. The van der Waals surface area contributed by atoms with Gasteiger partial charge < -0.3 is 10.4 Å². The van der Waals surface area contributed by atoms with Crippen molar-refractivity contribution in [3.8, 4) is 0 Å². The number of rotatable bonds is 10. The highest BCUT2D eigenvalue weighted by Gasteiger charge is 2.31. The van der Waals surface area contributed by atoms with Gasteiger partial charge in [-0.1, -0.05) is 54.7 Å². The van der Waals surface area contributed by atoms with E-state index in [1.54, 1.807) is 4.90 Å². The molecule has 1 fully saturated rings. The molecular weight excluding hydrogens is 396 g/mol. The van der Waals surface area contributed by atoms with E-state index in [0.717, 1.165) is 24.0 Å². The topological polar surface area (TPSA) is 86.7 Å². The Labute approximate surface area is 174 Å². The summed E-state index contributed by atoms with van der Waals surface area (Å²) in [5, 5.41) is 11.1. The predicted octanol–water partition coefficient (Wildman–Crippen LogP) is 3.35. The first kappa shape index (κ1) is 22.1. The Kier molecular flexibility index (Phi) is 8.66. The number of hydrogen-bond acceptors (Lipinski definition) is 5. The first-order chi connectivity index (χ1) is 13.4. The lowest BCUT2D eigenvalue weighted by Gasteiger charge is -2.14.